The lowest BCUT2D eigenvalue weighted by molar-refractivity contribution is 0.202. The summed E-state index contributed by atoms with van der Waals surface area (Å²) in [6.45, 7) is 6.26. The molecule has 0 amide bonds. The number of benzene rings is 1. The molecule has 4 heteroatoms. The number of unbranched alkanes of at least 4 members (excludes halogenated alkanes) is 3. The van der Waals surface area contributed by atoms with Crippen LogP contribution in [0.2, 0.25) is 0 Å². The molecule has 2 N–H and O–H groups in total. The SMILES string of the molecule is CCCCCCc1ccc2c(c1O)C(=NCC(C)O)CC(C)O2. The summed E-state index contributed by atoms with van der Waals surface area (Å²) in [4.78, 5) is 4.51. The van der Waals surface area contributed by atoms with Crippen LogP contribution in [0, 0.1) is 0 Å². The highest BCUT2D eigenvalue weighted by Crippen LogP contribution is 2.37. The summed E-state index contributed by atoms with van der Waals surface area (Å²) in [7, 11) is 0. The highest BCUT2D eigenvalue weighted by Gasteiger charge is 2.26. The second-order valence-corrected chi connectivity index (χ2v) is 6.53. The lowest BCUT2D eigenvalue weighted by Gasteiger charge is -2.26. The van der Waals surface area contributed by atoms with E-state index in [-0.39, 0.29) is 6.10 Å². The Morgan fingerprint density at radius 1 is 1.30 bits per heavy atom. The third-order valence-corrected chi connectivity index (χ3v) is 4.17. The second-order valence-electron chi connectivity index (χ2n) is 6.53. The Balaban J connectivity index is 2.25. The molecule has 1 aromatic carbocycles. The van der Waals surface area contributed by atoms with E-state index in [9.17, 15) is 10.2 Å². The Morgan fingerprint density at radius 2 is 2.09 bits per heavy atom. The van der Waals surface area contributed by atoms with E-state index in [0.29, 0.717) is 24.5 Å². The van der Waals surface area contributed by atoms with Gasteiger partial charge in [-0.05, 0) is 38.3 Å². The summed E-state index contributed by atoms with van der Waals surface area (Å²) in [6.07, 6.45) is 5.78. The first-order chi connectivity index (χ1) is 11.0. The number of phenols is 1. The molecular formula is C19H29NO3. The maximum atomic E-state index is 10.7. The van der Waals surface area contributed by atoms with Gasteiger partial charge in [0.05, 0.1) is 23.9 Å². The fourth-order valence-electron chi connectivity index (χ4n) is 2.96. The van der Waals surface area contributed by atoms with Gasteiger partial charge in [-0.3, -0.25) is 4.99 Å². The van der Waals surface area contributed by atoms with E-state index in [1.165, 1.54) is 19.3 Å². The minimum atomic E-state index is -0.483. The van der Waals surface area contributed by atoms with Crippen molar-refractivity contribution in [3.05, 3.63) is 23.3 Å². The maximum Gasteiger partial charge on any atom is 0.132 e. The minimum Gasteiger partial charge on any atom is -0.507 e. The molecule has 0 saturated heterocycles. The van der Waals surface area contributed by atoms with Crippen molar-refractivity contribution in [2.24, 2.45) is 4.99 Å². The van der Waals surface area contributed by atoms with Crippen LogP contribution in [0.5, 0.6) is 11.5 Å². The first kappa shape index (κ1) is 17.8. The third-order valence-electron chi connectivity index (χ3n) is 4.17. The van der Waals surface area contributed by atoms with Crippen molar-refractivity contribution in [1.82, 2.24) is 0 Å². The Morgan fingerprint density at radius 3 is 2.78 bits per heavy atom. The van der Waals surface area contributed by atoms with E-state index < -0.39 is 6.10 Å². The van der Waals surface area contributed by atoms with Gasteiger partial charge in [0, 0.05) is 6.42 Å². The summed E-state index contributed by atoms with van der Waals surface area (Å²) < 4.78 is 5.84. The number of hydrogen-bond acceptors (Lipinski definition) is 4. The predicted molar refractivity (Wildman–Crippen MR) is 93.7 cm³/mol. The van der Waals surface area contributed by atoms with Gasteiger partial charge in [0.25, 0.3) is 0 Å². The van der Waals surface area contributed by atoms with Crippen molar-refractivity contribution >= 4 is 5.71 Å². The molecule has 0 aliphatic carbocycles. The third kappa shape index (κ3) is 4.71. The summed E-state index contributed by atoms with van der Waals surface area (Å²) in [6, 6.07) is 3.90. The molecule has 23 heavy (non-hydrogen) atoms. The van der Waals surface area contributed by atoms with Crippen molar-refractivity contribution in [3.8, 4) is 11.5 Å². The second kappa shape index (κ2) is 8.34. The van der Waals surface area contributed by atoms with Crippen LogP contribution in [-0.4, -0.2) is 34.7 Å². The Kier molecular flexibility index (Phi) is 6.46. The van der Waals surface area contributed by atoms with Crippen LogP contribution in [0.4, 0.5) is 0 Å². The molecule has 1 aromatic rings. The number of aromatic hydroxyl groups is 1. The molecular weight excluding hydrogens is 290 g/mol. The summed E-state index contributed by atoms with van der Waals surface area (Å²) in [5, 5.41) is 20.2. The molecule has 1 heterocycles. The molecule has 0 saturated carbocycles. The number of fused-ring (bicyclic) bond motifs is 1. The van der Waals surface area contributed by atoms with Crippen LogP contribution in [0.25, 0.3) is 0 Å². The zero-order valence-corrected chi connectivity index (χ0v) is 14.5. The van der Waals surface area contributed by atoms with Crippen LogP contribution in [0.1, 0.15) is 64.0 Å². The molecule has 0 fully saturated rings. The molecule has 0 radical (unpaired) electrons. The van der Waals surface area contributed by atoms with E-state index in [1.54, 1.807) is 6.92 Å². The lowest BCUT2D eigenvalue weighted by atomic mass is 9.94. The Bertz CT molecular complexity index is 552. The van der Waals surface area contributed by atoms with Crippen LogP contribution < -0.4 is 4.74 Å². The van der Waals surface area contributed by atoms with Crippen LogP contribution in [-0.2, 0) is 6.42 Å². The number of ether oxygens (including phenoxy) is 1. The van der Waals surface area contributed by atoms with Crippen LogP contribution >= 0.6 is 0 Å². The number of aliphatic hydroxyl groups is 1. The molecule has 1 aliphatic heterocycles. The van der Waals surface area contributed by atoms with Gasteiger partial charge in [0.15, 0.2) is 0 Å². The molecule has 0 aromatic heterocycles. The number of aryl methyl sites for hydroxylation is 1. The van der Waals surface area contributed by atoms with Gasteiger partial charge in [-0.25, -0.2) is 0 Å². The van der Waals surface area contributed by atoms with E-state index >= 15 is 0 Å². The van der Waals surface area contributed by atoms with Gasteiger partial charge in [0.1, 0.15) is 17.6 Å². The van der Waals surface area contributed by atoms with E-state index in [1.807, 2.05) is 19.1 Å². The average molecular weight is 319 g/mol. The molecule has 0 spiro atoms. The van der Waals surface area contributed by atoms with E-state index in [2.05, 4.69) is 11.9 Å². The quantitative estimate of drug-likeness (QED) is 0.750. The highest BCUT2D eigenvalue weighted by atomic mass is 16.5. The minimum absolute atomic E-state index is 0.0325. The number of aliphatic imine (C=N–C) groups is 1. The first-order valence-electron chi connectivity index (χ1n) is 8.76. The van der Waals surface area contributed by atoms with Crippen molar-refractivity contribution in [3.63, 3.8) is 0 Å². The summed E-state index contributed by atoms with van der Waals surface area (Å²) in [5.41, 5.74) is 2.52. The normalized spacial score (nSPS) is 20.2. The number of nitrogens with zero attached hydrogens (tertiary/aromatic N) is 1. The fourth-order valence-corrected chi connectivity index (χ4v) is 2.96. The smallest absolute Gasteiger partial charge is 0.132 e. The van der Waals surface area contributed by atoms with Gasteiger partial charge in [-0.2, -0.15) is 0 Å². The average Bonchev–Trinajstić information content (AvgIpc) is 2.50. The van der Waals surface area contributed by atoms with E-state index in [0.717, 1.165) is 29.7 Å². The van der Waals surface area contributed by atoms with Gasteiger partial charge in [-0.15, -0.1) is 0 Å². The van der Waals surface area contributed by atoms with Gasteiger partial charge >= 0.3 is 0 Å². The topological polar surface area (TPSA) is 62.1 Å². The van der Waals surface area contributed by atoms with Crippen molar-refractivity contribution in [2.75, 3.05) is 6.54 Å². The maximum absolute atomic E-state index is 10.7. The predicted octanol–water partition coefficient (Wildman–Crippen LogP) is 3.86. The lowest BCUT2D eigenvalue weighted by Crippen LogP contribution is -2.25. The molecule has 2 unspecified atom stereocenters. The van der Waals surface area contributed by atoms with Gasteiger partial charge in [0.2, 0.25) is 0 Å². The Hall–Kier alpha value is -1.55. The summed E-state index contributed by atoms with van der Waals surface area (Å²) >= 11 is 0. The molecule has 0 bridgehead atoms. The standard InChI is InChI=1S/C19H29NO3/c1-4-5-6-7-8-15-9-10-17-18(19(15)22)16(11-14(3)23-17)20-12-13(2)21/h9-10,13-14,21-22H,4-8,11-12H2,1-3H3. The fraction of sp³-hybridized carbons (Fsp3) is 0.632. The highest BCUT2D eigenvalue weighted by molar-refractivity contribution is 6.06. The zero-order chi connectivity index (χ0) is 16.8. The van der Waals surface area contributed by atoms with E-state index in [4.69, 9.17) is 4.74 Å². The Labute approximate surface area is 139 Å². The van der Waals surface area contributed by atoms with Crippen molar-refractivity contribution in [2.45, 2.75) is 71.5 Å². The number of aliphatic hydroxyl groups excluding tert-OH is 1. The van der Waals surface area contributed by atoms with Gasteiger partial charge < -0.3 is 14.9 Å². The monoisotopic (exact) mass is 319 g/mol. The molecule has 4 nitrogen and oxygen atoms in total. The summed E-state index contributed by atoms with van der Waals surface area (Å²) in [5.74, 6) is 0.998. The number of hydrogen-bond donors (Lipinski definition) is 2. The first-order valence-corrected chi connectivity index (χ1v) is 8.76. The molecule has 128 valence electrons. The zero-order valence-electron chi connectivity index (χ0n) is 14.5. The van der Waals surface area contributed by atoms with Crippen LogP contribution in [0.3, 0.4) is 0 Å². The van der Waals surface area contributed by atoms with Crippen LogP contribution in [0.15, 0.2) is 17.1 Å². The van der Waals surface area contributed by atoms with Gasteiger partial charge in [-0.1, -0.05) is 32.3 Å². The van der Waals surface area contributed by atoms with Crippen molar-refractivity contribution in [1.29, 1.82) is 0 Å². The molecule has 2 rings (SSSR count). The molecule has 1 aliphatic rings. The van der Waals surface area contributed by atoms with Crippen molar-refractivity contribution < 1.29 is 14.9 Å². The number of phenolic OH excluding ortho intramolecular Hbond substituents is 1. The molecule has 2 atom stereocenters. The largest absolute Gasteiger partial charge is 0.507 e. The number of rotatable bonds is 7.